The SMILES string of the molecule is NC(=O)c1cnc(N2CCC[C@@H](C(F)(F)F)C2)cn1. The van der Waals surface area contributed by atoms with Gasteiger partial charge in [0.15, 0.2) is 0 Å². The van der Waals surface area contributed by atoms with Gasteiger partial charge in [0, 0.05) is 13.1 Å². The molecule has 104 valence electrons. The summed E-state index contributed by atoms with van der Waals surface area (Å²) in [5.41, 5.74) is 5.01. The molecule has 5 nitrogen and oxygen atoms in total. The normalized spacial score (nSPS) is 20.4. The Morgan fingerprint density at radius 2 is 2.11 bits per heavy atom. The highest BCUT2D eigenvalue weighted by Crippen LogP contribution is 2.34. The van der Waals surface area contributed by atoms with Gasteiger partial charge in [0.25, 0.3) is 5.91 Å². The van der Waals surface area contributed by atoms with E-state index in [0.29, 0.717) is 18.8 Å². The lowest BCUT2D eigenvalue weighted by Crippen LogP contribution is -2.42. The Morgan fingerprint density at radius 3 is 2.63 bits per heavy atom. The van der Waals surface area contributed by atoms with Gasteiger partial charge >= 0.3 is 6.18 Å². The number of primary amides is 1. The van der Waals surface area contributed by atoms with Crippen LogP contribution in [0, 0.1) is 5.92 Å². The highest BCUT2D eigenvalue weighted by molar-refractivity contribution is 5.90. The number of nitrogens with zero attached hydrogens (tertiary/aromatic N) is 3. The zero-order chi connectivity index (χ0) is 14.0. The molecule has 1 aromatic rings. The van der Waals surface area contributed by atoms with E-state index in [1.807, 2.05) is 0 Å². The molecule has 0 saturated carbocycles. The zero-order valence-corrected chi connectivity index (χ0v) is 10.0. The van der Waals surface area contributed by atoms with Crippen molar-refractivity contribution in [2.45, 2.75) is 19.0 Å². The van der Waals surface area contributed by atoms with Gasteiger partial charge < -0.3 is 10.6 Å². The van der Waals surface area contributed by atoms with Gasteiger partial charge in [-0.3, -0.25) is 4.79 Å². The molecule has 0 bridgehead atoms. The number of halogens is 3. The van der Waals surface area contributed by atoms with E-state index in [4.69, 9.17) is 5.73 Å². The average Bonchev–Trinajstić information content (AvgIpc) is 2.38. The largest absolute Gasteiger partial charge is 0.393 e. The van der Waals surface area contributed by atoms with Crippen LogP contribution in [0.25, 0.3) is 0 Å². The number of hydrogen-bond donors (Lipinski definition) is 1. The van der Waals surface area contributed by atoms with Crippen LogP contribution >= 0.6 is 0 Å². The summed E-state index contributed by atoms with van der Waals surface area (Å²) in [6.07, 6.45) is -1.16. The monoisotopic (exact) mass is 274 g/mol. The first-order valence-electron chi connectivity index (χ1n) is 5.81. The van der Waals surface area contributed by atoms with Gasteiger partial charge in [-0.2, -0.15) is 13.2 Å². The molecule has 1 saturated heterocycles. The number of aromatic nitrogens is 2. The van der Waals surface area contributed by atoms with Crippen molar-refractivity contribution in [2.24, 2.45) is 11.7 Å². The number of anilines is 1. The first-order valence-corrected chi connectivity index (χ1v) is 5.81. The van der Waals surface area contributed by atoms with Crippen LogP contribution in [-0.2, 0) is 0 Å². The maximum atomic E-state index is 12.7. The molecule has 2 rings (SSSR count). The summed E-state index contributed by atoms with van der Waals surface area (Å²) in [6, 6.07) is 0. The van der Waals surface area contributed by atoms with Crippen LogP contribution in [0.3, 0.4) is 0 Å². The third kappa shape index (κ3) is 3.12. The first-order chi connectivity index (χ1) is 8.88. The number of amides is 1. The van der Waals surface area contributed by atoms with Crippen molar-refractivity contribution in [1.82, 2.24) is 9.97 Å². The molecule has 0 spiro atoms. The van der Waals surface area contributed by atoms with E-state index in [-0.39, 0.29) is 18.7 Å². The van der Waals surface area contributed by atoms with Gasteiger partial charge in [-0.1, -0.05) is 0 Å². The standard InChI is InChI=1S/C11H13F3N4O/c12-11(13,14)7-2-1-3-18(6-7)9-5-16-8(4-17-9)10(15)19/h4-5,7H,1-3,6H2,(H2,15,19)/t7-/m1/s1. The predicted molar refractivity (Wildman–Crippen MR) is 61.5 cm³/mol. The van der Waals surface area contributed by atoms with Gasteiger partial charge in [0.1, 0.15) is 11.5 Å². The topological polar surface area (TPSA) is 72.1 Å². The van der Waals surface area contributed by atoms with Crippen molar-refractivity contribution < 1.29 is 18.0 Å². The molecule has 0 aromatic carbocycles. The Kier molecular flexibility index (Phi) is 3.59. The Labute approximate surface area is 107 Å². The Balaban J connectivity index is 2.11. The maximum absolute atomic E-state index is 12.7. The van der Waals surface area contributed by atoms with Gasteiger partial charge in [-0.15, -0.1) is 0 Å². The number of nitrogens with two attached hydrogens (primary N) is 1. The van der Waals surface area contributed by atoms with E-state index in [1.165, 1.54) is 17.3 Å². The number of carbonyl (C=O) groups excluding carboxylic acids is 1. The van der Waals surface area contributed by atoms with E-state index in [0.717, 1.165) is 0 Å². The number of carbonyl (C=O) groups is 1. The molecule has 1 amide bonds. The minimum atomic E-state index is -4.20. The van der Waals surface area contributed by atoms with Crippen LogP contribution in [0.15, 0.2) is 12.4 Å². The van der Waals surface area contributed by atoms with E-state index in [2.05, 4.69) is 9.97 Å². The Hall–Kier alpha value is -1.86. The second kappa shape index (κ2) is 5.02. The molecule has 0 aliphatic carbocycles. The molecule has 1 atom stereocenters. The average molecular weight is 274 g/mol. The van der Waals surface area contributed by atoms with Crippen LogP contribution in [0.4, 0.5) is 19.0 Å². The van der Waals surface area contributed by atoms with Gasteiger partial charge in [0.05, 0.1) is 18.3 Å². The maximum Gasteiger partial charge on any atom is 0.393 e. The smallest absolute Gasteiger partial charge is 0.364 e. The lowest BCUT2D eigenvalue weighted by atomic mass is 9.97. The van der Waals surface area contributed by atoms with E-state index >= 15 is 0 Å². The highest BCUT2D eigenvalue weighted by Gasteiger charge is 2.42. The van der Waals surface area contributed by atoms with Crippen LogP contribution < -0.4 is 10.6 Å². The van der Waals surface area contributed by atoms with Crippen LogP contribution in [0.1, 0.15) is 23.3 Å². The third-order valence-electron chi connectivity index (χ3n) is 3.10. The summed E-state index contributed by atoms with van der Waals surface area (Å²) in [5.74, 6) is -1.73. The molecule has 0 radical (unpaired) electrons. The second-order valence-corrected chi connectivity index (χ2v) is 4.45. The summed E-state index contributed by atoms with van der Waals surface area (Å²) in [6.45, 7) is 0.366. The molecule has 1 aromatic heterocycles. The van der Waals surface area contributed by atoms with Gasteiger partial charge in [-0.05, 0) is 12.8 Å². The number of hydrogen-bond acceptors (Lipinski definition) is 4. The minimum Gasteiger partial charge on any atom is -0.364 e. The fraction of sp³-hybridized carbons (Fsp3) is 0.545. The fourth-order valence-electron chi connectivity index (χ4n) is 2.06. The van der Waals surface area contributed by atoms with Crippen molar-refractivity contribution in [3.63, 3.8) is 0 Å². The van der Waals surface area contributed by atoms with Crippen LogP contribution in [-0.4, -0.2) is 35.1 Å². The van der Waals surface area contributed by atoms with Crippen molar-refractivity contribution in [3.05, 3.63) is 18.1 Å². The Morgan fingerprint density at radius 1 is 1.37 bits per heavy atom. The van der Waals surface area contributed by atoms with E-state index in [9.17, 15) is 18.0 Å². The number of alkyl halides is 3. The molecule has 8 heteroatoms. The molecular weight excluding hydrogens is 261 g/mol. The van der Waals surface area contributed by atoms with Crippen molar-refractivity contribution >= 4 is 11.7 Å². The number of rotatable bonds is 2. The van der Waals surface area contributed by atoms with Gasteiger partial charge in [0.2, 0.25) is 0 Å². The summed E-state index contributed by atoms with van der Waals surface area (Å²) in [7, 11) is 0. The molecular formula is C11H13F3N4O. The van der Waals surface area contributed by atoms with E-state index in [1.54, 1.807) is 0 Å². The van der Waals surface area contributed by atoms with Crippen molar-refractivity contribution in [2.75, 3.05) is 18.0 Å². The number of piperidine rings is 1. The summed E-state index contributed by atoms with van der Waals surface area (Å²) in [5, 5.41) is 0. The van der Waals surface area contributed by atoms with Crippen LogP contribution in [0.2, 0.25) is 0 Å². The van der Waals surface area contributed by atoms with Crippen LogP contribution in [0.5, 0.6) is 0 Å². The molecule has 2 N–H and O–H groups in total. The predicted octanol–water partition coefficient (Wildman–Crippen LogP) is 1.35. The Bertz CT molecular complexity index is 460. The lowest BCUT2D eigenvalue weighted by Gasteiger charge is -2.34. The fourth-order valence-corrected chi connectivity index (χ4v) is 2.06. The quantitative estimate of drug-likeness (QED) is 0.883. The van der Waals surface area contributed by atoms with Crippen molar-refractivity contribution in [1.29, 1.82) is 0 Å². The third-order valence-corrected chi connectivity index (χ3v) is 3.10. The van der Waals surface area contributed by atoms with Gasteiger partial charge in [-0.25, -0.2) is 9.97 Å². The van der Waals surface area contributed by atoms with Crippen molar-refractivity contribution in [3.8, 4) is 0 Å². The summed E-state index contributed by atoms with van der Waals surface area (Å²) >= 11 is 0. The zero-order valence-electron chi connectivity index (χ0n) is 10.0. The summed E-state index contributed by atoms with van der Waals surface area (Å²) in [4.78, 5) is 20.1. The minimum absolute atomic E-state index is 0.00636. The molecule has 1 aliphatic heterocycles. The first kappa shape index (κ1) is 13.6. The summed E-state index contributed by atoms with van der Waals surface area (Å²) < 4.78 is 38.0. The second-order valence-electron chi connectivity index (χ2n) is 4.45. The molecule has 2 heterocycles. The lowest BCUT2D eigenvalue weighted by molar-refractivity contribution is -0.176. The van der Waals surface area contributed by atoms with E-state index < -0.39 is 18.0 Å². The molecule has 1 fully saturated rings. The molecule has 19 heavy (non-hydrogen) atoms. The molecule has 1 aliphatic rings. The molecule has 0 unspecified atom stereocenters. The highest BCUT2D eigenvalue weighted by atomic mass is 19.4.